The molecule has 0 radical (unpaired) electrons. The molecule has 3 aromatic carbocycles. The first kappa shape index (κ1) is 19.9. The second kappa shape index (κ2) is 8.15. The van der Waals surface area contributed by atoms with Gasteiger partial charge in [0.2, 0.25) is 0 Å². The maximum absolute atomic E-state index is 12.7. The van der Waals surface area contributed by atoms with Crippen molar-refractivity contribution in [2.75, 3.05) is 6.61 Å². The SMILES string of the molecule is CCCC(C(=O)O)C1(COC(=O)c2ccccc2)c2ccccc2-c2ccccc21. The van der Waals surface area contributed by atoms with Crippen molar-refractivity contribution in [3.05, 3.63) is 95.6 Å². The Hall–Kier alpha value is -3.40. The molecule has 1 unspecified atom stereocenters. The molecule has 1 aliphatic carbocycles. The zero-order valence-electron chi connectivity index (χ0n) is 16.9. The van der Waals surface area contributed by atoms with Crippen LogP contribution in [-0.2, 0) is 14.9 Å². The predicted octanol–water partition coefficient (Wildman–Crippen LogP) is 5.31. The Bertz CT molecular complexity index is 1030. The van der Waals surface area contributed by atoms with Crippen molar-refractivity contribution in [1.82, 2.24) is 0 Å². The van der Waals surface area contributed by atoms with Crippen LogP contribution in [0.4, 0.5) is 0 Å². The summed E-state index contributed by atoms with van der Waals surface area (Å²) in [6.07, 6.45) is 1.20. The molecule has 1 aliphatic rings. The Labute approximate surface area is 176 Å². The van der Waals surface area contributed by atoms with Gasteiger partial charge in [0.15, 0.2) is 0 Å². The number of carbonyl (C=O) groups excluding carboxylic acids is 1. The zero-order chi connectivity index (χ0) is 21.1. The molecule has 0 amide bonds. The van der Waals surface area contributed by atoms with E-state index in [0.29, 0.717) is 12.0 Å². The van der Waals surface area contributed by atoms with Crippen LogP contribution in [0.5, 0.6) is 0 Å². The van der Waals surface area contributed by atoms with E-state index in [-0.39, 0.29) is 6.61 Å². The lowest BCUT2D eigenvalue weighted by atomic mass is 9.67. The van der Waals surface area contributed by atoms with Gasteiger partial charge < -0.3 is 9.84 Å². The number of carboxylic acid groups (broad SMARTS) is 1. The molecule has 3 aromatic rings. The predicted molar refractivity (Wildman–Crippen MR) is 115 cm³/mol. The Morgan fingerprint density at radius 2 is 1.40 bits per heavy atom. The topological polar surface area (TPSA) is 63.6 Å². The van der Waals surface area contributed by atoms with Crippen LogP contribution < -0.4 is 0 Å². The fourth-order valence-electron chi connectivity index (χ4n) is 4.70. The number of hydrogen-bond donors (Lipinski definition) is 1. The first-order valence-corrected chi connectivity index (χ1v) is 10.2. The number of ether oxygens (including phenoxy) is 1. The highest BCUT2D eigenvalue weighted by Gasteiger charge is 2.52. The third-order valence-electron chi connectivity index (χ3n) is 6.02. The number of rotatable bonds is 7. The molecular weight excluding hydrogens is 376 g/mol. The van der Waals surface area contributed by atoms with E-state index in [4.69, 9.17) is 4.74 Å². The minimum absolute atomic E-state index is 0.0221. The molecule has 0 aliphatic heterocycles. The summed E-state index contributed by atoms with van der Waals surface area (Å²) in [5.41, 5.74) is 3.35. The molecule has 0 saturated carbocycles. The highest BCUT2D eigenvalue weighted by Crippen LogP contribution is 2.54. The molecule has 1 N–H and O–H groups in total. The molecule has 1 atom stereocenters. The van der Waals surface area contributed by atoms with Gasteiger partial charge in [0.1, 0.15) is 6.61 Å². The summed E-state index contributed by atoms with van der Waals surface area (Å²) >= 11 is 0. The van der Waals surface area contributed by atoms with E-state index < -0.39 is 23.3 Å². The average molecular weight is 400 g/mol. The van der Waals surface area contributed by atoms with Crippen molar-refractivity contribution in [2.45, 2.75) is 25.2 Å². The van der Waals surface area contributed by atoms with Crippen LogP contribution in [-0.4, -0.2) is 23.7 Å². The zero-order valence-corrected chi connectivity index (χ0v) is 16.9. The van der Waals surface area contributed by atoms with Crippen LogP contribution in [0.15, 0.2) is 78.9 Å². The van der Waals surface area contributed by atoms with E-state index >= 15 is 0 Å². The van der Waals surface area contributed by atoms with E-state index in [2.05, 4.69) is 0 Å². The fourth-order valence-corrected chi connectivity index (χ4v) is 4.70. The van der Waals surface area contributed by atoms with Crippen LogP contribution >= 0.6 is 0 Å². The van der Waals surface area contributed by atoms with Gasteiger partial charge in [-0.05, 0) is 40.8 Å². The van der Waals surface area contributed by atoms with Gasteiger partial charge in [-0.1, -0.05) is 80.1 Å². The number of aliphatic carboxylic acids is 1. The van der Waals surface area contributed by atoms with E-state index in [1.165, 1.54) is 0 Å². The number of esters is 1. The van der Waals surface area contributed by atoms with E-state index in [9.17, 15) is 14.7 Å². The third kappa shape index (κ3) is 3.18. The van der Waals surface area contributed by atoms with Gasteiger partial charge in [-0.3, -0.25) is 4.79 Å². The van der Waals surface area contributed by atoms with Crippen LogP contribution in [0.3, 0.4) is 0 Å². The Balaban J connectivity index is 1.85. The van der Waals surface area contributed by atoms with E-state index in [1.54, 1.807) is 24.3 Å². The fraction of sp³-hybridized carbons (Fsp3) is 0.231. The van der Waals surface area contributed by atoms with Gasteiger partial charge in [-0.25, -0.2) is 4.79 Å². The summed E-state index contributed by atoms with van der Waals surface area (Å²) in [6.45, 7) is 1.96. The van der Waals surface area contributed by atoms with Crippen molar-refractivity contribution in [3.63, 3.8) is 0 Å². The second-order valence-electron chi connectivity index (χ2n) is 7.68. The molecule has 0 aromatic heterocycles. The molecule has 0 bridgehead atoms. The average Bonchev–Trinajstić information content (AvgIpc) is 3.07. The Kier molecular flexibility index (Phi) is 5.40. The number of hydrogen-bond acceptors (Lipinski definition) is 3. The quantitative estimate of drug-likeness (QED) is 0.546. The molecular formula is C26H24O4. The number of fused-ring (bicyclic) bond motifs is 3. The Morgan fingerprint density at radius 3 is 1.93 bits per heavy atom. The summed E-state index contributed by atoms with van der Waals surface area (Å²) in [4.78, 5) is 25.2. The molecule has 0 fully saturated rings. The summed E-state index contributed by atoms with van der Waals surface area (Å²) in [5, 5.41) is 10.2. The smallest absolute Gasteiger partial charge is 0.338 e. The molecule has 0 spiro atoms. The minimum atomic E-state index is -0.931. The van der Waals surface area contributed by atoms with Crippen LogP contribution in [0, 0.1) is 5.92 Å². The summed E-state index contributed by atoms with van der Waals surface area (Å²) in [7, 11) is 0. The highest BCUT2D eigenvalue weighted by molar-refractivity contribution is 5.90. The maximum Gasteiger partial charge on any atom is 0.338 e. The number of benzene rings is 3. The maximum atomic E-state index is 12.7. The second-order valence-corrected chi connectivity index (χ2v) is 7.68. The highest BCUT2D eigenvalue weighted by atomic mass is 16.5. The minimum Gasteiger partial charge on any atom is -0.481 e. The lowest BCUT2D eigenvalue weighted by Crippen LogP contribution is -2.44. The molecule has 4 heteroatoms. The van der Waals surface area contributed by atoms with Gasteiger partial charge in [0.05, 0.1) is 16.9 Å². The van der Waals surface area contributed by atoms with Crippen molar-refractivity contribution >= 4 is 11.9 Å². The van der Waals surface area contributed by atoms with Crippen molar-refractivity contribution < 1.29 is 19.4 Å². The summed E-state index contributed by atoms with van der Waals surface area (Å²) < 4.78 is 5.80. The van der Waals surface area contributed by atoms with Gasteiger partial charge in [-0.2, -0.15) is 0 Å². The third-order valence-corrected chi connectivity index (χ3v) is 6.02. The van der Waals surface area contributed by atoms with Gasteiger partial charge in [-0.15, -0.1) is 0 Å². The van der Waals surface area contributed by atoms with E-state index in [1.807, 2.05) is 61.5 Å². The van der Waals surface area contributed by atoms with Crippen molar-refractivity contribution in [3.8, 4) is 11.1 Å². The first-order chi connectivity index (χ1) is 14.6. The molecule has 4 nitrogen and oxygen atoms in total. The first-order valence-electron chi connectivity index (χ1n) is 10.2. The molecule has 4 rings (SSSR count). The largest absolute Gasteiger partial charge is 0.481 e. The molecule has 152 valence electrons. The van der Waals surface area contributed by atoms with E-state index in [0.717, 1.165) is 28.7 Å². The molecule has 0 saturated heterocycles. The standard InChI is InChI=1S/C26H24O4/c1-2-10-23(24(27)28)26(17-30-25(29)18-11-4-3-5-12-18)21-15-8-6-13-19(21)20-14-7-9-16-22(20)26/h3-9,11-16,23H,2,10,17H2,1H3,(H,27,28). The van der Waals surface area contributed by atoms with Crippen LogP contribution in [0.1, 0.15) is 41.3 Å². The van der Waals surface area contributed by atoms with Crippen LogP contribution in [0.2, 0.25) is 0 Å². The van der Waals surface area contributed by atoms with Gasteiger partial charge in [0.25, 0.3) is 0 Å². The van der Waals surface area contributed by atoms with Crippen molar-refractivity contribution in [2.24, 2.45) is 5.92 Å². The lowest BCUT2D eigenvalue weighted by molar-refractivity contribution is -0.145. The molecule has 0 heterocycles. The molecule has 30 heavy (non-hydrogen) atoms. The van der Waals surface area contributed by atoms with Crippen molar-refractivity contribution in [1.29, 1.82) is 0 Å². The number of carbonyl (C=O) groups is 2. The van der Waals surface area contributed by atoms with Gasteiger partial charge in [0, 0.05) is 0 Å². The monoisotopic (exact) mass is 400 g/mol. The Morgan fingerprint density at radius 1 is 0.867 bits per heavy atom. The number of carboxylic acids is 1. The summed E-state index contributed by atoms with van der Waals surface area (Å²) in [5.74, 6) is -2.03. The van der Waals surface area contributed by atoms with Gasteiger partial charge >= 0.3 is 11.9 Å². The normalized spacial score (nSPS) is 14.4. The van der Waals surface area contributed by atoms with Crippen LogP contribution in [0.25, 0.3) is 11.1 Å². The summed E-state index contributed by atoms with van der Waals surface area (Å²) in [6, 6.07) is 24.5. The lowest BCUT2D eigenvalue weighted by Gasteiger charge is -2.37.